The maximum absolute atomic E-state index is 13.3. The second-order valence-corrected chi connectivity index (χ2v) is 12.2. The Morgan fingerprint density at radius 2 is 0.862 bits per heavy atom. The molecular weight excluding hydrogens is 399 g/mol. The van der Waals surface area contributed by atoms with Crippen molar-refractivity contribution in [1.29, 1.82) is 0 Å². The van der Waals surface area contributed by atoms with Gasteiger partial charge in [-0.25, -0.2) is 0 Å². The maximum atomic E-state index is 13.3. The molecule has 0 fully saturated rings. The zero-order valence-corrected chi connectivity index (χ0v) is 17.3. The van der Waals surface area contributed by atoms with E-state index in [0.717, 1.165) is 15.9 Å². The van der Waals surface area contributed by atoms with Gasteiger partial charge >= 0.3 is 176 Å². The van der Waals surface area contributed by atoms with Crippen molar-refractivity contribution in [3.63, 3.8) is 0 Å². The van der Waals surface area contributed by atoms with Gasteiger partial charge in [0.25, 0.3) is 0 Å². The Morgan fingerprint density at radius 3 is 1.21 bits per heavy atom. The van der Waals surface area contributed by atoms with E-state index >= 15 is 0 Å². The molecule has 0 spiro atoms. The fourth-order valence-corrected chi connectivity index (χ4v) is 8.41. The van der Waals surface area contributed by atoms with Crippen molar-refractivity contribution in [3.8, 4) is 0 Å². The molecule has 0 aliphatic heterocycles. The van der Waals surface area contributed by atoms with E-state index < -0.39 is 12.2 Å². The van der Waals surface area contributed by atoms with Crippen LogP contribution in [0, 0.1) is 0 Å². The van der Waals surface area contributed by atoms with Crippen molar-refractivity contribution in [3.05, 3.63) is 127 Å². The van der Waals surface area contributed by atoms with Gasteiger partial charge < -0.3 is 0 Å². The molecule has 4 rings (SSSR count). The van der Waals surface area contributed by atoms with E-state index in [1.165, 1.54) is 0 Å². The van der Waals surface area contributed by atoms with Crippen LogP contribution in [0.15, 0.2) is 121 Å². The molecule has 0 N–H and O–H groups in total. The van der Waals surface area contributed by atoms with Gasteiger partial charge in [-0.15, -0.1) is 0 Å². The fourth-order valence-electron chi connectivity index (χ4n) is 3.47. The van der Waals surface area contributed by atoms with Crippen LogP contribution in [0.4, 0.5) is 0 Å². The molecule has 0 amide bonds. The molecule has 144 valence electrons. The number of hydrogen-bond donors (Lipinski definition) is 0. The number of carbonyl (C=O) groups excluding carboxylic acids is 1. The first kappa shape index (κ1) is 19.4. The Bertz CT molecular complexity index is 1000. The third kappa shape index (κ3) is 3.35. The predicted octanol–water partition coefficient (Wildman–Crippen LogP) is 5.44. The summed E-state index contributed by atoms with van der Waals surface area (Å²) in [5.74, 6) is -0.449. The van der Waals surface area contributed by atoms with Gasteiger partial charge in [0.1, 0.15) is 0 Å². The first-order valence-electron chi connectivity index (χ1n) is 9.32. The van der Waals surface area contributed by atoms with Crippen molar-refractivity contribution in [2.45, 2.75) is 0 Å². The molecule has 4 aromatic carbocycles. The monoisotopic (exact) mass is 418 g/mol. The first-order chi connectivity index (χ1) is 14.1. The van der Waals surface area contributed by atoms with E-state index in [1.54, 1.807) is 12.1 Å². The molecule has 0 bridgehead atoms. The fraction of sp³-hybridized carbons (Fsp3) is 0. The molecule has 0 unspecified atom stereocenters. The summed E-state index contributed by atoms with van der Waals surface area (Å²) in [6.45, 7) is 0. The van der Waals surface area contributed by atoms with Gasteiger partial charge in [0.2, 0.25) is 0 Å². The molecule has 0 atom stereocenters. The van der Waals surface area contributed by atoms with Crippen LogP contribution in [0.5, 0.6) is 0 Å². The topological polar surface area (TPSA) is 26.3 Å². The summed E-state index contributed by atoms with van der Waals surface area (Å²) in [5.41, 5.74) is 0.463. The van der Waals surface area contributed by atoms with Crippen LogP contribution in [0.1, 0.15) is 10.4 Å². The molecule has 0 aliphatic carbocycles. The Kier molecular flexibility index (Phi) is 5.24. The molecule has 0 aliphatic rings. The number of carbonyl (C=O) groups is 1. The second-order valence-electron chi connectivity index (χ2n) is 6.68. The van der Waals surface area contributed by atoms with Crippen LogP contribution in [-0.4, -0.2) is 5.97 Å². The molecule has 0 saturated carbocycles. The number of rotatable bonds is 5. The van der Waals surface area contributed by atoms with Crippen molar-refractivity contribution >= 4 is 39.3 Å². The zero-order chi connectivity index (χ0) is 20.2. The van der Waals surface area contributed by atoms with Gasteiger partial charge in [-0.1, -0.05) is 0 Å². The van der Waals surface area contributed by atoms with E-state index in [4.69, 9.17) is 15.8 Å². The van der Waals surface area contributed by atoms with Crippen molar-refractivity contribution in [1.82, 2.24) is 0 Å². The molecule has 4 aromatic rings. The van der Waals surface area contributed by atoms with Crippen LogP contribution in [0.2, 0.25) is 0 Å². The Balaban J connectivity index is 2.03. The second kappa shape index (κ2) is 7.83. The quantitative estimate of drug-likeness (QED) is 0.403. The molecule has 0 saturated heterocycles. The van der Waals surface area contributed by atoms with Gasteiger partial charge in [0, 0.05) is 0 Å². The Hall–Kier alpha value is -2.93. The van der Waals surface area contributed by atoms with Crippen LogP contribution >= 0.6 is 17.4 Å². The molecular formula is C25H20ClO2P. The molecule has 4 heteroatoms. The summed E-state index contributed by atoms with van der Waals surface area (Å²) < 4.78 is 6.43. The summed E-state index contributed by atoms with van der Waals surface area (Å²) in [4.78, 5) is 13.3. The standard InChI is InChI=1S/C25H20ClO2P/c26-29(22-15-7-2-8-16-22,23-17-9-3-10-18-23,24-19-11-4-12-20-24)28-25(27)21-13-5-1-6-14-21/h1-20H. The minimum absolute atomic E-state index is 0.449. The summed E-state index contributed by atoms with van der Waals surface area (Å²) in [6.07, 6.45) is -4.06. The van der Waals surface area contributed by atoms with E-state index in [0.29, 0.717) is 5.56 Å². The number of halogens is 1. The van der Waals surface area contributed by atoms with Crippen molar-refractivity contribution in [2.24, 2.45) is 0 Å². The van der Waals surface area contributed by atoms with Crippen LogP contribution < -0.4 is 15.9 Å². The third-order valence-corrected chi connectivity index (χ3v) is 11.0. The summed E-state index contributed by atoms with van der Waals surface area (Å²) in [5, 5.41) is 2.34. The van der Waals surface area contributed by atoms with E-state index in [2.05, 4.69) is 0 Å². The Labute approximate surface area is 175 Å². The van der Waals surface area contributed by atoms with Crippen molar-refractivity contribution < 1.29 is 9.32 Å². The summed E-state index contributed by atoms with van der Waals surface area (Å²) in [7, 11) is 0. The van der Waals surface area contributed by atoms with E-state index in [1.807, 2.05) is 109 Å². The van der Waals surface area contributed by atoms with Crippen LogP contribution in [0.3, 0.4) is 0 Å². The van der Waals surface area contributed by atoms with E-state index in [9.17, 15) is 4.79 Å². The van der Waals surface area contributed by atoms with Gasteiger partial charge in [-0.3, -0.25) is 0 Å². The summed E-state index contributed by atoms with van der Waals surface area (Å²) in [6, 6.07) is 37.9. The SMILES string of the molecule is O=C(OP(Cl)(c1ccccc1)(c1ccccc1)c1ccccc1)c1ccccc1. The molecule has 0 radical (unpaired) electrons. The zero-order valence-electron chi connectivity index (χ0n) is 15.7. The first-order valence-corrected chi connectivity index (χ1v) is 12.4. The van der Waals surface area contributed by atoms with Gasteiger partial charge in [0.05, 0.1) is 0 Å². The van der Waals surface area contributed by atoms with Gasteiger partial charge in [-0.2, -0.15) is 0 Å². The molecule has 0 aromatic heterocycles. The van der Waals surface area contributed by atoms with Gasteiger partial charge in [-0.05, 0) is 0 Å². The van der Waals surface area contributed by atoms with Crippen LogP contribution in [-0.2, 0) is 4.52 Å². The third-order valence-electron chi connectivity index (χ3n) is 4.92. The van der Waals surface area contributed by atoms with E-state index in [-0.39, 0.29) is 0 Å². The predicted molar refractivity (Wildman–Crippen MR) is 123 cm³/mol. The van der Waals surface area contributed by atoms with Crippen molar-refractivity contribution in [2.75, 3.05) is 0 Å². The number of benzene rings is 4. The normalized spacial score (nSPS) is 12.5. The van der Waals surface area contributed by atoms with Gasteiger partial charge in [0.15, 0.2) is 0 Å². The van der Waals surface area contributed by atoms with Crippen LogP contribution in [0.25, 0.3) is 0 Å². The Morgan fingerprint density at radius 1 is 0.552 bits per heavy atom. The average Bonchev–Trinajstić information content (AvgIpc) is 2.81. The molecule has 0 heterocycles. The minimum atomic E-state index is -4.06. The number of hydrogen-bond acceptors (Lipinski definition) is 2. The molecule has 29 heavy (non-hydrogen) atoms. The average molecular weight is 419 g/mol. The summed E-state index contributed by atoms with van der Waals surface area (Å²) >= 11 is 7.71. The molecule has 2 nitrogen and oxygen atoms in total.